The predicted molar refractivity (Wildman–Crippen MR) is 94.6 cm³/mol. The van der Waals surface area contributed by atoms with Crippen molar-refractivity contribution in [3.63, 3.8) is 0 Å². The van der Waals surface area contributed by atoms with E-state index in [-0.39, 0.29) is 11.6 Å². The molecule has 5 nitrogen and oxygen atoms in total. The number of hydrogen-bond donors (Lipinski definition) is 1. The summed E-state index contributed by atoms with van der Waals surface area (Å²) in [5.41, 5.74) is 3.29. The molecule has 1 N–H and O–H groups in total. The summed E-state index contributed by atoms with van der Waals surface area (Å²) in [5, 5.41) is 13.4. The number of aryl methyl sites for hydroxylation is 2. The molecule has 0 heterocycles. The summed E-state index contributed by atoms with van der Waals surface area (Å²) in [5.74, 6) is -0.169. The molecular formula is C19H20N2O3. The molecule has 5 heteroatoms. The molecule has 0 saturated heterocycles. The third-order valence-corrected chi connectivity index (χ3v) is 3.56. The fraction of sp³-hybridized carbons (Fsp3) is 0.211. The molecule has 0 aliphatic heterocycles. The number of non-ortho nitro benzene ring substituents is 1. The van der Waals surface area contributed by atoms with Crippen LogP contribution >= 0.6 is 0 Å². The third-order valence-electron chi connectivity index (χ3n) is 3.56. The van der Waals surface area contributed by atoms with Gasteiger partial charge in [0.1, 0.15) is 0 Å². The Hall–Kier alpha value is -2.95. The molecule has 2 aromatic rings. The zero-order chi connectivity index (χ0) is 17.4. The predicted octanol–water partition coefficient (Wildman–Crippen LogP) is 3.67. The molecule has 2 rings (SSSR count). The minimum atomic E-state index is -0.450. The van der Waals surface area contributed by atoms with E-state index >= 15 is 0 Å². The molecule has 0 radical (unpaired) electrons. The molecule has 0 saturated carbocycles. The van der Waals surface area contributed by atoms with Crippen LogP contribution < -0.4 is 5.32 Å². The highest BCUT2D eigenvalue weighted by molar-refractivity contribution is 5.91. The second-order valence-corrected chi connectivity index (χ2v) is 5.57. The summed E-state index contributed by atoms with van der Waals surface area (Å²) in [6.07, 6.45) is 4.88. The topological polar surface area (TPSA) is 72.2 Å². The van der Waals surface area contributed by atoms with E-state index < -0.39 is 4.92 Å². The quantitative estimate of drug-likeness (QED) is 0.365. The van der Waals surface area contributed by atoms with Crippen LogP contribution in [0.15, 0.2) is 54.6 Å². The van der Waals surface area contributed by atoms with Crippen molar-refractivity contribution in [1.29, 1.82) is 0 Å². The van der Waals surface area contributed by atoms with Crippen molar-refractivity contribution in [3.8, 4) is 0 Å². The summed E-state index contributed by atoms with van der Waals surface area (Å²) in [6.45, 7) is 2.67. The molecule has 0 atom stereocenters. The molecule has 24 heavy (non-hydrogen) atoms. The maximum absolute atomic E-state index is 11.8. The number of benzene rings is 2. The number of rotatable bonds is 7. The van der Waals surface area contributed by atoms with Gasteiger partial charge in [0.25, 0.3) is 5.69 Å². The van der Waals surface area contributed by atoms with Gasteiger partial charge >= 0.3 is 0 Å². The van der Waals surface area contributed by atoms with Gasteiger partial charge < -0.3 is 5.32 Å². The second-order valence-electron chi connectivity index (χ2n) is 5.57. The largest absolute Gasteiger partial charge is 0.353 e. The smallest absolute Gasteiger partial charge is 0.269 e. The molecule has 124 valence electrons. The Kier molecular flexibility index (Phi) is 6.25. The molecule has 0 spiro atoms. The third kappa shape index (κ3) is 5.68. The maximum Gasteiger partial charge on any atom is 0.269 e. The van der Waals surface area contributed by atoms with Gasteiger partial charge in [-0.2, -0.15) is 0 Å². The van der Waals surface area contributed by atoms with Crippen molar-refractivity contribution < 1.29 is 9.72 Å². The number of amides is 1. The molecule has 0 unspecified atom stereocenters. The van der Waals surface area contributed by atoms with Gasteiger partial charge in [-0.15, -0.1) is 0 Å². The van der Waals surface area contributed by atoms with Crippen LogP contribution in [0.4, 0.5) is 5.69 Å². The number of nitro groups is 1. The summed E-state index contributed by atoms with van der Waals surface area (Å²) in [6, 6.07) is 14.4. The second kappa shape index (κ2) is 8.62. The lowest BCUT2D eigenvalue weighted by Crippen LogP contribution is -2.22. The van der Waals surface area contributed by atoms with E-state index in [4.69, 9.17) is 0 Å². The van der Waals surface area contributed by atoms with E-state index in [1.54, 1.807) is 18.2 Å². The van der Waals surface area contributed by atoms with Crippen molar-refractivity contribution in [1.82, 2.24) is 5.32 Å². The van der Waals surface area contributed by atoms with Gasteiger partial charge in [-0.3, -0.25) is 14.9 Å². The Labute approximate surface area is 141 Å². The van der Waals surface area contributed by atoms with Gasteiger partial charge in [-0.05, 0) is 49.1 Å². The average Bonchev–Trinajstić information content (AvgIpc) is 2.57. The van der Waals surface area contributed by atoms with Crippen molar-refractivity contribution in [3.05, 3.63) is 81.4 Å². The summed E-state index contributed by atoms with van der Waals surface area (Å²) < 4.78 is 0. The van der Waals surface area contributed by atoms with Gasteiger partial charge in [0.2, 0.25) is 5.91 Å². The van der Waals surface area contributed by atoms with Gasteiger partial charge in [-0.1, -0.05) is 29.8 Å². The molecule has 0 aliphatic carbocycles. The lowest BCUT2D eigenvalue weighted by molar-refractivity contribution is -0.384. The minimum Gasteiger partial charge on any atom is -0.353 e. The summed E-state index contributed by atoms with van der Waals surface area (Å²) >= 11 is 0. The number of carbonyl (C=O) groups excluding carboxylic acids is 1. The highest BCUT2D eigenvalue weighted by Crippen LogP contribution is 2.12. The van der Waals surface area contributed by atoms with Crippen LogP contribution in [-0.2, 0) is 11.2 Å². The summed E-state index contributed by atoms with van der Waals surface area (Å²) in [7, 11) is 0. The molecule has 0 aliphatic rings. The highest BCUT2D eigenvalue weighted by atomic mass is 16.6. The fourth-order valence-corrected chi connectivity index (χ4v) is 2.31. The Balaban J connectivity index is 1.73. The van der Waals surface area contributed by atoms with Gasteiger partial charge in [0.05, 0.1) is 4.92 Å². The fourth-order valence-electron chi connectivity index (χ4n) is 2.31. The first kappa shape index (κ1) is 17.4. The molecule has 0 bridgehead atoms. The van der Waals surface area contributed by atoms with E-state index in [1.807, 2.05) is 6.07 Å². The van der Waals surface area contributed by atoms with Crippen LogP contribution in [0.3, 0.4) is 0 Å². The molecule has 0 aromatic heterocycles. The zero-order valence-corrected chi connectivity index (χ0v) is 13.6. The first-order valence-electron chi connectivity index (χ1n) is 7.80. The van der Waals surface area contributed by atoms with E-state index in [0.29, 0.717) is 6.54 Å². The van der Waals surface area contributed by atoms with E-state index in [0.717, 1.165) is 18.4 Å². The number of hydrogen-bond acceptors (Lipinski definition) is 3. The number of nitro benzene ring substituents is 1. The van der Waals surface area contributed by atoms with Crippen LogP contribution in [0.25, 0.3) is 6.08 Å². The lowest BCUT2D eigenvalue weighted by Gasteiger charge is -2.04. The van der Waals surface area contributed by atoms with Gasteiger partial charge in [-0.25, -0.2) is 0 Å². The van der Waals surface area contributed by atoms with E-state index in [1.165, 1.54) is 29.3 Å². The maximum atomic E-state index is 11.8. The molecule has 1 amide bonds. The Morgan fingerprint density at radius 2 is 1.96 bits per heavy atom. The first-order valence-corrected chi connectivity index (χ1v) is 7.80. The molecule has 2 aromatic carbocycles. The van der Waals surface area contributed by atoms with Crippen molar-refractivity contribution >= 4 is 17.7 Å². The highest BCUT2D eigenvalue weighted by Gasteiger charge is 2.02. The lowest BCUT2D eigenvalue weighted by atomic mass is 10.1. The van der Waals surface area contributed by atoms with Gasteiger partial charge in [0.15, 0.2) is 0 Å². The van der Waals surface area contributed by atoms with Crippen LogP contribution in [-0.4, -0.2) is 17.4 Å². The standard InChI is InChI=1S/C19H20N2O3/c1-15-4-2-5-17(14-15)6-3-13-20-19(22)12-9-16-7-10-18(11-8-16)21(23)24/h2,4-5,7-12,14H,3,6,13H2,1H3,(H,20,22)/b12-9+. The average molecular weight is 324 g/mol. The van der Waals surface area contributed by atoms with Crippen molar-refractivity contribution in [2.75, 3.05) is 6.54 Å². The number of nitrogens with one attached hydrogen (secondary N) is 1. The van der Waals surface area contributed by atoms with E-state index in [9.17, 15) is 14.9 Å². The van der Waals surface area contributed by atoms with Crippen LogP contribution in [0.5, 0.6) is 0 Å². The number of carbonyl (C=O) groups is 1. The molecule has 0 fully saturated rings. The first-order chi connectivity index (χ1) is 11.5. The van der Waals surface area contributed by atoms with Crippen LogP contribution in [0.1, 0.15) is 23.1 Å². The van der Waals surface area contributed by atoms with Crippen molar-refractivity contribution in [2.45, 2.75) is 19.8 Å². The monoisotopic (exact) mass is 324 g/mol. The Morgan fingerprint density at radius 1 is 1.21 bits per heavy atom. The van der Waals surface area contributed by atoms with Gasteiger partial charge in [0, 0.05) is 24.8 Å². The molecular weight excluding hydrogens is 304 g/mol. The van der Waals surface area contributed by atoms with Crippen LogP contribution in [0.2, 0.25) is 0 Å². The normalized spacial score (nSPS) is 10.7. The van der Waals surface area contributed by atoms with Crippen molar-refractivity contribution in [2.24, 2.45) is 0 Å². The Morgan fingerprint density at radius 3 is 2.62 bits per heavy atom. The zero-order valence-electron chi connectivity index (χ0n) is 13.6. The van der Waals surface area contributed by atoms with Crippen LogP contribution in [0, 0.1) is 17.0 Å². The number of nitrogens with zero attached hydrogens (tertiary/aromatic N) is 1. The van der Waals surface area contributed by atoms with E-state index in [2.05, 4.69) is 30.4 Å². The Bertz CT molecular complexity index is 737. The minimum absolute atomic E-state index is 0.0350. The SMILES string of the molecule is Cc1cccc(CCCNC(=O)/C=C/c2ccc([N+](=O)[O-])cc2)c1. The summed E-state index contributed by atoms with van der Waals surface area (Å²) in [4.78, 5) is 21.9.